The van der Waals surface area contributed by atoms with Crippen LogP contribution in [0.3, 0.4) is 0 Å². The Morgan fingerprint density at radius 1 is 1.15 bits per heavy atom. The van der Waals surface area contributed by atoms with Gasteiger partial charge in [0.1, 0.15) is 6.04 Å². The van der Waals surface area contributed by atoms with Crippen LogP contribution in [0.4, 0.5) is 4.79 Å². The van der Waals surface area contributed by atoms with Crippen LogP contribution in [-0.2, 0) is 14.3 Å². The second-order valence-corrected chi connectivity index (χ2v) is 12.4. The minimum Gasteiger partial charge on any atom is -0.480 e. The third kappa shape index (κ3) is 6.97. The largest absolute Gasteiger partial charge is 0.480 e. The van der Waals surface area contributed by atoms with E-state index in [0.717, 1.165) is 61.3 Å². The Morgan fingerprint density at radius 2 is 1.87 bits per heavy atom. The SMILES string of the molecule is O=C(C=Cc1ccc(C(=O)NC[C@H](NC(=O)OCC23CC4CC(CC(C4)C2)C3)C(=O)O)s1)NC1=NCCCN1. The van der Waals surface area contributed by atoms with Crippen LogP contribution in [0.5, 0.6) is 0 Å². The Kier molecular flexibility index (Phi) is 8.20. The lowest BCUT2D eigenvalue weighted by Gasteiger charge is -2.56. The van der Waals surface area contributed by atoms with Gasteiger partial charge >= 0.3 is 12.1 Å². The first-order valence-electron chi connectivity index (χ1n) is 13.6. The van der Waals surface area contributed by atoms with Gasteiger partial charge in [-0.2, -0.15) is 0 Å². The number of nitrogens with zero attached hydrogens (tertiary/aromatic N) is 1. The molecule has 1 aromatic rings. The van der Waals surface area contributed by atoms with E-state index < -0.39 is 24.0 Å². The van der Waals surface area contributed by atoms with Gasteiger partial charge in [-0.05, 0) is 80.9 Å². The number of guanidine groups is 1. The van der Waals surface area contributed by atoms with Crippen molar-refractivity contribution in [1.82, 2.24) is 21.3 Å². The molecule has 5 N–H and O–H groups in total. The number of carbonyl (C=O) groups is 4. The smallest absolute Gasteiger partial charge is 0.407 e. The van der Waals surface area contributed by atoms with Crippen molar-refractivity contribution in [1.29, 1.82) is 0 Å². The quantitative estimate of drug-likeness (QED) is 0.292. The number of amides is 3. The molecule has 6 rings (SSSR count). The number of ether oxygens (including phenoxy) is 1. The van der Waals surface area contributed by atoms with E-state index in [1.807, 2.05) is 0 Å². The monoisotopic (exact) mass is 557 g/mol. The third-order valence-electron chi connectivity index (χ3n) is 8.12. The van der Waals surface area contributed by atoms with E-state index in [0.29, 0.717) is 28.9 Å². The highest BCUT2D eigenvalue weighted by atomic mass is 32.1. The van der Waals surface area contributed by atoms with Gasteiger partial charge in [0.2, 0.25) is 0 Å². The molecule has 0 spiro atoms. The van der Waals surface area contributed by atoms with Gasteiger partial charge in [0.25, 0.3) is 11.8 Å². The van der Waals surface area contributed by atoms with Crippen molar-refractivity contribution in [3.05, 3.63) is 28.0 Å². The van der Waals surface area contributed by atoms with Crippen molar-refractivity contribution >= 4 is 47.2 Å². The maximum absolute atomic E-state index is 12.6. The molecule has 1 atom stereocenters. The van der Waals surface area contributed by atoms with Gasteiger partial charge in [0.05, 0.1) is 11.5 Å². The van der Waals surface area contributed by atoms with Crippen LogP contribution in [0.15, 0.2) is 23.2 Å². The minimum absolute atomic E-state index is 0.0337. The first kappa shape index (κ1) is 27.2. The molecule has 4 saturated carbocycles. The standard InChI is InChI=1S/C27H35N5O6S/c33-22(32-25-28-6-1-7-29-25)5-3-19-2-4-21(39-19)23(34)30-14-20(24(35)36)31-26(37)38-15-27-11-16-8-17(12-27)10-18(9-16)13-27/h2-5,16-18,20H,1,6-15H2,(H,30,34)(H,31,37)(H,35,36)(H2,28,29,32,33)/t16?,17?,18?,20-,27?/m0/s1. The summed E-state index contributed by atoms with van der Waals surface area (Å²) in [7, 11) is 0. The van der Waals surface area contributed by atoms with Gasteiger partial charge in [0.15, 0.2) is 5.96 Å². The van der Waals surface area contributed by atoms with Crippen LogP contribution in [0.1, 0.15) is 59.5 Å². The second-order valence-electron chi connectivity index (χ2n) is 11.3. The summed E-state index contributed by atoms with van der Waals surface area (Å²) < 4.78 is 5.52. The Hall–Kier alpha value is -3.41. The van der Waals surface area contributed by atoms with Crippen molar-refractivity contribution in [3.8, 4) is 0 Å². The zero-order valence-electron chi connectivity index (χ0n) is 21.7. The molecule has 1 aliphatic heterocycles. The molecule has 0 radical (unpaired) electrons. The molecule has 5 aliphatic rings. The summed E-state index contributed by atoms with van der Waals surface area (Å²) in [5.41, 5.74) is 0.0337. The molecule has 39 heavy (non-hydrogen) atoms. The molecule has 0 saturated heterocycles. The molecule has 11 nitrogen and oxygen atoms in total. The molecular weight excluding hydrogens is 522 g/mol. The highest BCUT2D eigenvalue weighted by Gasteiger charge is 2.51. The van der Waals surface area contributed by atoms with E-state index in [1.54, 1.807) is 18.2 Å². The van der Waals surface area contributed by atoms with E-state index in [2.05, 4.69) is 26.3 Å². The zero-order valence-corrected chi connectivity index (χ0v) is 22.6. The number of aliphatic imine (C=N–C) groups is 1. The summed E-state index contributed by atoms with van der Waals surface area (Å²) in [5, 5.41) is 20.2. The number of carbonyl (C=O) groups excluding carboxylic acids is 3. The third-order valence-corrected chi connectivity index (χ3v) is 9.17. The summed E-state index contributed by atoms with van der Waals surface area (Å²) in [4.78, 5) is 54.1. The Morgan fingerprint density at radius 3 is 2.51 bits per heavy atom. The Labute approximate surface area is 230 Å². The van der Waals surface area contributed by atoms with E-state index in [4.69, 9.17) is 4.74 Å². The maximum Gasteiger partial charge on any atom is 0.407 e. The second kappa shape index (κ2) is 11.8. The number of carboxylic acids is 1. The number of hydrogen-bond donors (Lipinski definition) is 5. The van der Waals surface area contributed by atoms with Crippen LogP contribution in [0.25, 0.3) is 6.08 Å². The summed E-state index contributed by atoms with van der Waals surface area (Å²) in [6, 6.07) is 1.96. The van der Waals surface area contributed by atoms with Crippen molar-refractivity contribution in [3.63, 3.8) is 0 Å². The number of nitrogens with one attached hydrogen (secondary N) is 4. The average Bonchev–Trinajstić information content (AvgIpc) is 3.38. The van der Waals surface area contributed by atoms with Gasteiger partial charge in [-0.1, -0.05) is 0 Å². The van der Waals surface area contributed by atoms with E-state index in [9.17, 15) is 24.3 Å². The summed E-state index contributed by atoms with van der Waals surface area (Å²) in [6.45, 7) is 1.45. The van der Waals surface area contributed by atoms with Crippen molar-refractivity contribution in [2.45, 2.75) is 51.0 Å². The van der Waals surface area contributed by atoms with E-state index in [1.165, 1.54) is 25.3 Å². The minimum atomic E-state index is -1.32. The molecule has 1 aromatic heterocycles. The zero-order chi connectivity index (χ0) is 27.4. The molecule has 0 unspecified atom stereocenters. The fraction of sp³-hybridized carbons (Fsp3) is 0.593. The number of alkyl carbamates (subject to hydrolysis) is 1. The van der Waals surface area contributed by atoms with Crippen LogP contribution in [0.2, 0.25) is 0 Å². The van der Waals surface area contributed by atoms with Gasteiger partial charge in [-0.3, -0.25) is 19.9 Å². The number of hydrogen-bond acceptors (Lipinski definition) is 8. The molecule has 4 fully saturated rings. The van der Waals surface area contributed by atoms with Crippen LogP contribution >= 0.6 is 11.3 Å². The molecule has 4 aliphatic carbocycles. The summed E-state index contributed by atoms with van der Waals surface area (Å²) >= 11 is 1.15. The highest BCUT2D eigenvalue weighted by molar-refractivity contribution is 7.14. The predicted octanol–water partition coefficient (Wildman–Crippen LogP) is 2.35. The van der Waals surface area contributed by atoms with E-state index in [-0.39, 0.29) is 17.9 Å². The van der Waals surface area contributed by atoms with Crippen LogP contribution in [0, 0.1) is 23.2 Å². The van der Waals surface area contributed by atoms with Crippen molar-refractivity contribution in [2.75, 3.05) is 26.2 Å². The fourth-order valence-corrected chi connectivity index (χ4v) is 7.68. The van der Waals surface area contributed by atoms with Crippen molar-refractivity contribution < 1.29 is 29.0 Å². The summed E-state index contributed by atoms with van der Waals surface area (Å²) in [5.74, 6) is 0.547. The van der Waals surface area contributed by atoms with Crippen LogP contribution < -0.4 is 21.3 Å². The topological polar surface area (TPSA) is 158 Å². The van der Waals surface area contributed by atoms with Gasteiger partial charge in [-0.15, -0.1) is 11.3 Å². The van der Waals surface area contributed by atoms with E-state index >= 15 is 0 Å². The summed E-state index contributed by atoms with van der Waals surface area (Å²) in [6.07, 6.45) is 10.2. The molecule has 0 aromatic carbocycles. The lowest BCUT2D eigenvalue weighted by Crippen LogP contribution is -2.51. The molecule has 12 heteroatoms. The van der Waals surface area contributed by atoms with Gasteiger partial charge in [0, 0.05) is 36.0 Å². The Bertz CT molecular complexity index is 1140. The van der Waals surface area contributed by atoms with Crippen molar-refractivity contribution in [2.24, 2.45) is 28.2 Å². The van der Waals surface area contributed by atoms with Crippen LogP contribution in [-0.4, -0.2) is 67.2 Å². The normalized spacial score (nSPS) is 27.8. The molecular formula is C27H35N5O6S. The lowest BCUT2D eigenvalue weighted by atomic mass is 9.50. The average molecular weight is 558 g/mol. The maximum atomic E-state index is 12.6. The number of rotatable bonds is 9. The Balaban J connectivity index is 1.07. The number of aliphatic carboxylic acids is 1. The molecule has 2 heterocycles. The molecule has 210 valence electrons. The van der Waals surface area contributed by atoms with Gasteiger partial charge in [-0.25, -0.2) is 9.59 Å². The highest BCUT2D eigenvalue weighted by Crippen LogP contribution is 2.60. The first-order chi connectivity index (χ1) is 18.8. The molecule has 4 bridgehead atoms. The fourth-order valence-electron chi connectivity index (χ4n) is 6.85. The number of carboxylic acid groups (broad SMARTS) is 1. The predicted molar refractivity (Wildman–Crippen MR) is 145 cm³/mol. The molecule has 3 amide bonds. The van der Waals surface area contributed by atoms with Gasteiger partial charge < -0.3 is 25.8 Å². The number of thiophene rings is 1. The first-order valence-corrected chi connectivity index (χ1v) is 14.4. The lowest BCUT2D eigenvalue weighted by molar-refractivity contribution is -0.139.